The van der Waals surface area contributed by atoms with Crippen LogP contribution < -0.4 is 5.73 Å². The molecule has 0 aliphatic rings. The molecular formula is C13H17N3. The average Bonchev–Trinajstić information content (AvgIpc) is 2.66. The molecule has 0 spiro atoms. The number of hydrogen-bond donors (Lipinski definition) is 1. The minimum Gasteiger partial charge on any atom is -0.328 e. The summed E-state index contributed by atoms with van der Waals surface area (Å²) in [5.41, 5.74) is 9.29. The Kier molecular flexibility index (Phi) is 3.06. The molecule has 0 fully saturated rings. The lowest BCUT2D eigenvalue weighted by molar-refractivity contribution is 0.738. The second kappa shape index (κ2) is 4.49. The number of nitrogens with two attached hydrogens (primary N) is 1. The van der Waals surface area contributed by atoms with Crippen molar-refractivity contribution < 1.29 is 0 Å². The standard InChI is InChI=1S/C13H17N3/c1-10-5-3-4-6-13(10)16-9-12(8-15-16)7-11(2)14/h3-6,8-9,11H,7,14H2,1-2H3. The highest BCUT2D eigenvalue weighted by molar-refractivity contribution is 5.39. The summed E-state index contributed by atoms with van der Waals surface area (Å²) in [4.78, 5) is 0. The summed E-state index contributed by atoms with van der Waals surface area (Å²) < 4.78 is 1.91. The van der Waals surface area contributed by atoms with Crippen molar-refractivity contribution >= 4 is 0 Å². The highest BCUT2D eigenvalue weighted by Gasteiger charge is 2.04. The van der Waals surface area contributed by atoms with Gasteiger partial charge in [0, 0.05) is 12.2 Å². The van der Waals surface area contributed by atoms with Crippen LogP contribution >= 0.6 is 0 Å². The van der Waals surface area contributed by atoms with Crippen LogP contribution in [0, 0.1) is 6.92 Å². The number of aromatic nitrogens is 2. The molecule has 1 heterocycles. The fraction of sp³-hybridized carbons (Fsp3) is 0.308. The van der Waals surface area contributed by atoms with Crippen molar-refractivity contribution in [3.63, 3.8) is 0 Å². The molecule has 2 N–H and O–H groups in total. The minimum atomic E-state index is 0.175. The Balaban J connectivity index is 2.28. The maximum Gasteiger partial charge on any atom is 0.0674 e. The van der Waals surface area contributed by atoms with E-state index in [1.807, 2.05) is 36.1 Å². The van der Waals surface area contributed by atoms with Gasteiger partial charge in [-0.1, -0.05) is 18.2 Å². The molecule has 16 heavy (non-hydrogen) atoms. The summed E-state index contributed by atoms with van der Waals surface area (Å²) in [6, 6.07) is 8.38. The monoisotopic (exact) mass is 215 g/mol. The number of hydrogen-bond acceptors (Lipinski definition) is 2. The summed E-state index contributed by atoms with van der Waals surface area (Å²) in [7, 11) is 0. The fourth-order valence-corrected chi connectivity index (χ4v) is 1.79. The van der Waals surface area contributed by atoms with Crippen molar-refractivity contribution in [2.75, 3.05) is 0 Å². The van der Waals surface area contributed by atoms with Crippen molar-refractivity contribution in [3.05, 3.63) is 47.8 Å². The third-order valence-corrected chi connectivity index (χ3v) is 2.56. The molecule has 84 valence electrons. The van der Waals surface area contributed by atoms with Gasteiger partial charge in [-0.3, -0.25) is 0 Å². The number of rotatable bonds is 3. The van der Waals surface area contributed by atoms with E-state index in [2.05, 4.69) is 24.2 Å². The summed E-state index contributed by atoms with van der Waals surface area (Å²) in [5, 5.41) is 4.36. The lowest BCUT2D eigenvalue weighted by atomic mass is 10.1. The molecule has 0 saturated carbocycles. The van der Waals surface area contributed by atoms with E-state index >= 15 is 0 Å². The first-order valence-corrected chi connectivity index (χ1v) is 5.52. The molecule has 0 aliphatic heterocycles. The van der Waals surface area contributed by atoms with Crippen LogP contribution in [0.1, 0.15) is 18.1 Å². The van der Waals surface area contributed by atoms with Gasteiger partial charge in [-0.05, 0) is 37.5 Å². The van der Waals surface area contributed by atoms with E-state index in [4.69, 9.17) is 5.73 Å². The van der Waals surface area contributed by atoms with Gasteiger partial charge >= 0.3 is 0 Å². The zero-order valence-corrected chi connectivity index (χ0v) is 9.72. The summed E-state index contributed by atoms with van der Waals surface area (Å²) in [6.45, 7) is 4.09. The van der Waals surface area contributed by atoms with E-state index < -0.39 is 0 Å². The Morgan fingerprint density at radius 1 is 1.38 bits per heavy atom. The Hall–Kier alpha value is -1.61. The molecule has 0 saturated heterocycles. The molecule has 0 bridgehead atoms. The summed E-state index contributed by atoms with van der Waals surface area (Å²) >= 11 is 0. The first kappa shape index (κ1) is 10.9. The number of para-hydroxylation sites is 1. The average molecular weight is 215 g/mol. The molecule has 0 amide bonds. The first-order valence-electron chi connectivity index (χ1n) is 5.52. The van der Waals surface area contributed by atoms with Gasteiger partial charge in [-0.15, -0.1) is 0 Å². The molecule has 2 aromatic rings. The van der Waals surface area contributed by atoms with Gasteiger partial charge in [0.15, 0.2) is 0 Å². The second-order valence-corrected chi connectivity index (χ2v) is 4.26. The zero-order chi connectivity index (χ0) is 11.5. The van der Waals surface area contributed by atoms with Crippen LogP contribution in [0.15, 0.2) is 36.7 Å². The first-order chi connectivity index (χ1) is 7.66. The maximum absolute atomic E-state index is 5.77. The molecule has 1 aromatic carbocycles. The predicted octanol–water partition coefficient (Wildman–Crippen LogP) is 2.07. The topological polar surface area (TPSA) is 43.8 Å². The van der Waals surface area contributed by atoms with Gasteiger partial charge in [0.2, 0.25) is 0 Å². The highest BCUT2D eigenvalue weighted by Crippen LogP contribution is 2.13. The number of nitrogens with zero attached hydrogens (tertiary/aromatic N) is 2. The van der Waals surface area contributed by atoms with Gasteiger partial charge in [0.05, 0.1) is 11.9 Å². The van der Waals surface area contributed by atoms with Crippen LogP contribution in [0.5, 0.6) is 0 Å². The van der Waals surface area contributed by atoms with Crippen LogP contribution in [-0.2, 0) is 6.42 Å². The van der Waals surface area contributed by atoms with Gasteiger partial charge < -0.3 is 5.73 Å². The van der Waals surface area contributed by atoms with E-state index in [1.54, 1.807) is 0 Å². The minimum absolute atomic E-state index is 0.175. The molecule has 0 radical (unpaired) electrons. The lowest BCUT2D eigenvalue weighted by Gasteiger charge is -2.04. The third kappa shape index (κ3) is 2.31. The van der Waals surface area contributed by atoms with Crippen molar-refractivity contribution in [1.82, 2.24) is 9.78 Å². The smallest absolute Gasteiger partial charge is 0.0674 e. The normalized spacial score (nSPS) is 12.7. The van der Waals surface area contributed by atoms with Crippen molar-refractivity contribution in [1.29, 1.82) is 0 Å². The van der Waals surface area contributed by atoms with E-state index in [0.717, 1.165) is 12.1 Å². The van der Waals surface area contributed by atoms with Gasteiger partial charge in [0.25, 0.3) is 0 Å². The van der Waals surface area contributed by atoms with Crippen LogP contribution in [0.4, 0.5) is 0 Å². The van der Waals surface area contributed by atoms with Gasteiger partial charge in [0.1, 0.15) is 0 Å². The van der Waals surface area contributed by atoms with Gasteiger partial charge in [-0.2, -0.15) is 5.10 Å². The quantitative estimate of drug-likeness (QED) is 0.851. The van der Waals surface area contributed by atoms with Crippen LogP contribution in [0.2, 0.25) is 0 Å². The lowest BCUT2D eigenvalue weighted by Crippen LogP contribution is -2.17. The summed E-state index contributed by atoms with van der Waals surface area (Å²) in [5.74, 6) is 0. The van der Waals surface area contributed by atoms with E-state index in [0.29, 0.717) is 0 Å². The Morgan fingerprint density at radius 2 is 2.12 bits per heavy atom. The largest absolute Gasteiger partial charge is 0.328 e. The molecule has 3 heteroatoms. The van der Waals surface area contributed by atoms with E-state index in [-0.39, 0.29) is 6.04 Å². The zero-order valence-electron chi connectivity index (χ0n) is 9.72. The Labute approximate surface area is 95.9 Å². The highest BCUT2D eigenvalue weighted by atomic mass is 15.3. The van der Waals surface area contributed by atoms with Crippen LogP contribution in [0.3, 0.4) is 0 Å². The predicted molar refractivity (Wildman–Crippen MR) is 65.7 cm³/mol. The summed E-state index contributed by atoms with van der Waals surface area (Å²) in [6.07, 6.45) is 4.80. The SMILES string of the molecule is Cc1ccccc1-n1cc(CC(C)N)cn1. The molecule has 3 nitrogen and oxygen atoms in total. The second-order valence-electron chi connectivity index (χ2n) is 4.26. The van der Waals surface area contributed by atoms with Crippen molar-refractivity contribution in [2.24, 2.45) is 5.73 Å². The number of aryl methyl sites for hydroxylation is 1. The van der Waals surface area contributed by atoms with Crippen molar-refractivity contribution in [2.45, 2.75) is 26.3 Å². The van der Waals surface area contributed by atoms with Crippen LogP contribution in [-0.4, -0.2) is 15.8 Å². The van der Waals surface area contributed by atoms with E-state index in [1.165, 1.54) is 11.1 Å². The Bertz CT molecular complexity index is 472. The molecule has 1 unspecified atom stereocenters. The molecular weight excluding hydrogens is 198 g/mol. The van der Waals surface area contributed by atoms with Crippen LogP contribution in [0.25, 0.3) is 5.69 Å². The van der Waals surface area contributed by atoms with Crippen molar-refractivity contribution in [3.8, 4) is 5.69 Å². The molecule has 1 atom stereocenters. The molecule has 1 aromatic heterocycles. The molecule has 0 aliphatic carbocycles. The third-order valence-electron chi connectivity index (χ3n) is 2.56. The fourth-order valence-electron chi connectivity index (χ4n) is 1.79. The molecule has 2 rings (SSSR count). The maximum atomic E-state index is 5.77. The van der Waals surface area contributed by atoms with E-state index in [9.17, 15) is 0 Å². The van der Waals surface area contributed by atoms with Gasteiger partial charge in [-0.25, -0.2) is 4.68 Å². The Morgan fingerprint density at radius 3 is 2.81 bits per heavy atom. The number of benzene rings is 1.